The number of carbonyl (C=O) groups is 1. The van der Waals surface area contributed by atoms with Crippen molar-refractivity contribution < 1.29 is 17.9 Å². The normalized spacial score (nSPS) is 11.5. The summed E-state index contributed by atoms with van der Waals surface area (Å²) in [6.07, 6.45) is 1.58. The first-order valence-electron chi connectivity index (χ1n) is 7.65. The number of esters is 1. The van der Waals surface area contributed by atoms with E-state index in [1.807, 2.05) is 30.3 Å². The molecule has 0 aliphatic heterocycles. The predicted molar refractivity (Wildman–Crippen MR) is 92.4 cm³/mol. The molecule has 128 valence electrons. The van der Waals surface area contributed by atoms with Gasteiger partial charge in [0.1, 0.15) is 0 Å². The Bertz CT molecular complexity index is 768. The Labute approximate surface area is 142 Å². The third-order valence-electron chi connectivity index (χ3n) is 3.55. The van der Waals surface area contributed by atoms with E-state index < -0.39 is 16.0 Å². The van der Waals surface area contributed by atoms with Crippen molar-refractivity contribution in [1.82, 2.24) is 4.31 Å². The molecule has 6 heteroatoms. The van der Waals surface area contributed by atoms with Crippen LogP contribution < -0.4 is 0 Å². The first-order valence-corrected chi connectivity index (χ1v) is 9.09. The van der Waals surface area contributed by atoms with Gasteiger partial charge < -0.3 is 4.74 Å². The number of sulfonamides is 1. The number of rotatable bonds is 7. The Hall–Kier alpha value is -2.18. The molecule has 0 amide bonds. The van der Waals surface area contributed by atoms with Gasteiger partial charge in [0.25, 0.3) is 0 Å². The van der Waals surface area contributed by atoms with Crippen molar-refractivity contribution in [2.45, 2.75) is 17.7 Å². The molecule has 0 fully saturated rings. The van der Waals surface area contributed by atoms with Crippen LogP contribution in [0.25, 0.3) is 0 Å². The largest absolute Gasteiger partial charge is 0.462 e. The van der Waals surface area contributed by atoms with Gasteiger partial charge in [-0.05, 0) is 42.7 Å². The van der Waals surface area contributed by atoms with E-state index in [4.69, 9.17) is 4.74 Å². The Morgan fingerprint density at radius 1 is 1.00 bits per heavy atom. The van der Waals surface area contributed by atoms with Gasteiger partial charge in [-0.25, -0.2) is 17.5 Å². The molecule has 0 bridgehead atoms. The number of aryl methyl sites for hydroxylation is 1. The van der Waals surface area contributed by atoms with E-state index in [-0.39, 0.29) is 4.90 Å². The lowest BCUT2D eigenvalue weighted by molar-refractivity contribution is 0.0500. The minimum Gasteiger partial charge on any atom is -0.462 e. The van der Waals surface area contributed by atoms with Crippen LogP contribution in [0.2, 0.25) is 0 Å². The highest BCUT2D eigenvalue weighted by molar-refractivity contribution is 7.89. The summed E-state index contributed by atoms with van der Waals surface area (Å²) >= 11 is 0. The maximum absolute atomic E-state index is 12.0. The molecule has 5 nitrogen and oxygen atoms in total. The van der Waals surface area contributed by atoms with Crippen LogP contribution in [0.3, 0.4) is 0 Å². The number of hydrogen-bond donors (Lipinski definition) is 0. The first-order chi connectivity index (χ1) is 11.4. The Morgan fingerprint density at radius 3 is 2.21 bits per heavy atom. The summed E-state index contributed by atoms with van der Waals surface area (Å²) in [6.45, 7) is 0.325. The molecule has 0 N–H and O–H groups in total. The lowest BCUT2D eigenvalue weighted by Crippen LogP contribution is -2.22. The molecule has 0 saturated heterocycles. The number of hydrogen-bond acceptors (Lipinski definition) is 4. The molecular weight excluding hydrogens is 326 g/mol. The van der Waals surface area contributed by atoms with E-state index in [9.17, 15) is 13.2 Å². The van der Waals surface area contributed by atoms with E-state index >= 15 is 0 Å². The van der Waals surface area contributed by atoms with Gasteiger partial charge in [0.05, 0.1) is 17.1 Å². The van der Waals surface area contributed by atoms with Gasteiger partial charge in [-0.3, -0.25) is 0 Å². The zero-order valence-electron chi connectivity index (χ0n) is 13.8. The van der Waals surface area contributed by atoms with Gasteiger partial charge in [-0.15, -0.1) is 0 Å². The maximum atomic E-state index is 12.0. The second-order valence-electron chi connectivity index (χ2n) is 5.54. The van der Waals surface area contributed by atoms with Crippen LogP contribution in [0.1, 0.15) is 22.3 Å². The van der Waals surface area contributed by atoms with Gasteiger partial charge in [0, 0.05) is 14.1 Å². The highest BCUT2D eigenvalue weighted by Crippen LogP contribution is 2.14. The molecule has 0 aromatic heterocycles. The molecule has 2 aromatic rings. The van der Waals surface area contributed by atoms with Crippen LogP contribution in [0.5, 0.6) is 0 Å². The smallest absolute Gasteiger partial charge is 0.338 e. The Balaban J connectivity index is 1.87. The van der Waals surface area contributed by atoms with Crippen LogP contribution in [0, 0.1) is 0 Å². The third kappa shape index (κ3) is 4.66. The number of ether oxygens (including phenoxy) is 1. The van der Waals surface area contributed by atoms with Crippen molar-refractivity contribution in [3.63, 3.8) is 0 Å². The van der Waals surface area contributed by atoms with Gasteiger partial charge in [-0.1, -0.05) is 30.3 Å². The zero-order valence-corrected chi connectivity index (χ0v) is 14.6. The molecule has 2 rings (SSSR count). The quantitative estimate of drug-likeness (QED) is 0.571. The first kappa shape index (κ1) is 18.2. The summed E-state index contributed by atoms with van der Waals surface area (Å²) in [4.78, 5) is 12.1. The summed E-state index contributed by atoms with van der Waals surface area (Å²) < 4.78 is 30.3. The molecule has 0 saturated carbocycles. The summed E-state index contributed by atoms with van der Waals surface area (Å²) in [5.74, 6) is -0.447. The van der Waals surface area contributed by atoms with E-state index in [1.54, 1.807) is 0 Å². The SMILES string of the molecule is CN(C)S(=O)(=O)c1ccc(C(=O)OCCCc2ccccc2)cc1. The average Bonchev–Trinajstić information content (AvgIpc) is 2.59. The van der Waals surface area contributed by atoms with Crippen LogP contribution in [-0.4, -0.2) is 39.4 Å². The molecule has 0 atom stereocenters. The van der Waals surface area contributed by atoms with Crippen molar-refractivity contribution in [1.29, 1.82) is 0 Å². The van der Waals surface area contributed by atoms with Crippen molar-refractivity contribution in [2.24, 2.45) is 0 Å². The molecule has 0 aliphatic rings. The average molecular weight is 347 g/mol. The van der Waals surface area contributed by atoms with Crippen molar-refractivity contribution in [2.75, 3.05) is 20.7 Å². The van der Waals surface area contributed by atoms with E-state index in [2.05, 4.69) is 0 Å². The minimum absolute atomic E-state index is 0.146. The number of carbonyl (C=O) groups excluding carboxylic acids is 1. The molecule has 24 heavy (non-hydrogen) atoms. The highest BCUT2D eigenvalue weighted by atomic mass is 32.2. The molecule has 0 spiro atoms. The fourth-order valence-electron chi connectivity index (χ4n) is 2.14. The van der Waals surface area contributed by atoms with Crippen LogP contribution in [0.15, 0.2) is 59.5 Å². The van der Waals surface area contributed by atoms with Gasteiger partial charge in [0.15, 0.2) is 0 Å². The van der Waals surface area contributed by atoms with E-state index in [0.29, 0.717) is 12.2 Å². The van der Waals surface area contributed by atoms with Crippen LogP contribution >= 0.6 is 0 Å². The Morgan fingerprint density at radius 2 is 1.62 bits per heavy atom. The number of benzene rings is 2. The van der Waals surface area contributed by atoms with Crippen LogP contribution in [-0.2, 0) is 21.2 Å². The lowest BCUT2D eigenvalue weighted by Gasteiger charge is -2.11. The van der Waals surface area contributed by atoms with Gasteiger partial charge in [-0.2, -0.15) is 0 Å². The van der Waals surface area contributed by atoms with Gasteiger partial charge in [0.2, 0.25) is 10.0 Å². The number of nitrogens with zero attached hydrogens (tertiary/aromatic N) is 1. The highest BCUT2D eigenvalue weighted by Gasteiger charge is 2.17. The van der Waals surface area contributed by atoms with E-state index in [0.717, 1.165) is 17.1 Å². The topological polar surface area (TPSA) is 63.7 Å². The fourth-order valence-corrected chi connectivity index (χ4v) is 3.04. The minimum atomic E-state index is -3.49. The summed E-state index contributed by atoms with van der Waals surface area (Å²) in [6, 6.07) is 15.7. The molecule has 2 aromatic carbocycles. The van der Waals surface area contributed by atoms with Crippen molar-refractivity contribution in [3.8, 4) is 0 Å². The molecule has 0 heterocycles. The predicted octanol–water partition coefficient (Wildman–Crippen LogP) is 2.73. The third-order valence-corrected chi connectivity index (χ3v) is 5.38. The monoisotopic (exact) mass is 347 g/mol. The molecule has 0 radical (unpaired) electrons. The Kier molecular flexibility index (Phi) is 6.11. The van der Waals surface area contributed by atoms with Crippen molar-refractivity contribution >= 4 is 16.0 Å². The summed E-state index contributed by atoms with van der Waals surface area (Å²) in [5.41, 5.74) is 1.54. The molecular formula is C18H21NO4S. The maximum Gasteiger partial charge on any atom is 0.338 e. The van der Waals surface area contributed by atoms with Crippen molar-refractivity contribution in [3.05, 3.63) is 65.7 Å². The second kappa shape index (κ2) is 8.08. The summed E-state index contributed by atoms with van der Waals surface area (Å²) in [5, 5.41) is 0. The molecule has 0 unspecified atom stereocenters. The zero-order chi connectivity index (χ0) is 17.6. The van der Waals surface area contributed by atoms with Crippen LogP contribution in [0.4, 0.5) is 0 Å². The van der Waals surface area contributed by atoms with Gasteiger partial charge >= 0.3 is 5.97 Å². The standard InChI is InChI=1S/C18H21NO4S/c1-19(2)24(21,22)17-12-10-16(11-13-17)18(20)23-14-6-9-15-7-4-3-5-8-15/h3-5,7-8,10-13H,6,9,14H2,1-2H3. The summed E-state index contributed by atoms with van der Waals surface area (Å²) in [7, 11) is -0.565. The second-order valence-corrected chi connectivity index (χ2v) is 7.69. The lowest BCUT2D eigenvalue weighted by atomic mass is 10.1. The molecule has 0 aliphatic carbocycles. The van der Waals surface area contributed by atoms with E-state index in [1.165, 1.54) is 43.9 Å². The fraction of sp³-hybridized carbons (Fsp3) is 0.278.